The predicted octanol–water partition coefficient (Wildman–Crippen LogP) is 9.47. The van der Waals surface area contributed by atoms with Crippen molar-refractivity contribution in [1.29, 1.82) is 0 Å². The quantitative estimate of drug-likeness (QED) is 0.102. The Morgan fingerprint density at radius 1 is 0.765 bits per heavy atom. The van der Waals surface area contributed by atoms with Gasteiger partial charge in [0.2, 0.25) is 0 Å². The van der Waals surface area contributed by atoms with Crippen molar-refractivity contribution in [2.45, 2.75) is 110 Å². The van der Waals surface area contributed by atoms with Crippen LogP contribution in [-0.2, 0) is 3.07 Å². The molecule has 2 aromatic rings. The summed E-state index contributed by atoms with van der Waals surface area (Å²) in [6, 6.07) is 8.83. The Balaban J connectivity index is 1.66. The predicted molar refractivity (Wildman–Crippen MR) is 148 cm³/mol. The molecule has 0 spiro atoms. The lowest BCUT2D eigenvalue weighted by molar-refractivity contribution is 0.0698. The number of carbonyl (C=O) groups excluding carboxylic acids is 1. The summed E-state index contributed by atoms with van der Waals surface area (Å²) in [7, 11) is 0. The van der Waals surface area contributed by atoms with Gasteiger partial charge < -0.3 is 5.11 Å². The molecule has 34 heavy (non-hydrogen) atoms. The minimum atomic E-state index is -1.77. The number of Topliss-reactive ketones (excluding diaryl/α,β-unsaturated/α-hetero) is 1. The third kappa shape index (κ3) is 9.55. The SMILES string of the molecule is CCCCCCCCCCCCCCCCCC(=O)c1cc2ccccc2c(C(=O)O)c1I=O. The molecule has 0 aliphatic heterocycles. The van der Waals surface area contributed by atoms with Gasteiger partial charge in [-0.1, -0.05) is 121 Å². The van der Waals surface area contributed by atoms with Crippen LogP contribution in [0, 0.1) is 3.57 Å². The second-order valence-corrected chi connectivity index (χ2v) is 10.9. The minimum Gasteiger partial charge on any atom is -0.478 e. The van der Waals surface area contributed by atoms with Crippen LogP contribution in [0.1, 0.15) is 130 Å². The van der Waals surface area contributed by atoms with Crippen LogP contribution in [0.4, 0.5) is 0 Å². The number of ketones is 1. The number of unbranched alkanes of at least 4 members (excludes halogenated alkanes) is 14. The van der Waals surface area contributed by atoms with Crippen molar-refractivity contribution in [1.82, 2.24) is 0 Å². The Hall–Kier alpha value is -1.63. The third-order valence-electron chi connectivity index (χ3n) is 6.58. The molecule has 4 nitrogen and oxygen atoms in total. The summed E-state index contributed by atoms with van der Waals surface area (Å²) in [6.45, 7) is 2.26. The number of halogens is 1. The average molecular weight is 581 g/mol. The van der Waals surface area contributed by atoms with Crippen molar-refractivity contribution >= 4 is 43.7 Å². The fraction of sp³-hybridized carbons (Fsp3) is 0.586. The fourth-order valence-electron chi connectivity index (χ4n) is 4.61. The van der Waals surface area contributed by atoms with Gasteiger partial charge in [-0.05, 0) is 23.3 Å². The second kappa shape index (κ2) is 16.9. The molecular weight excluding hydrogens is 539 g/mol. The number of carboxylic acid groups (broad SMARTS) is 1. The summed E-state index contributed by atoms with van der Waals surface area (Å²) in [5, 5.41) is 10.9. The molecule has 0 radical (unpaired) electrons. The number of carbonyl (C=O) groups is 2. The maximum atomic E-state index is 12.9. The van der Waals surface area contributed by atoms with Crippen LogP contribution in [0.3, 0.4) is 0 Å². The largest absolute Gasteiger partial charge is 0.478 e. The van der Waals surface area contributed by atoms with E-state index in [1.165, 1.54) is 77.0 Å². The first-order valence-electron chi connectivity index (χ1n) is 13.2. The molecule has 188 valence electrons. The standard InChI is InChI=1S/C29H41IO4/c1-2-3-4-5-6-7-8-9-10-11-12-13-14-15-16-21-26(31)25-22-23-19-17-18-20-24(23)27(29(32)33)28(25)30-34/h17-20,22H,2-16,21H2,1H3,(H,32,33). The van der Waals surface area contributed by atoms with E-state index in [4.69, 9.17) is 0 Å². The number of rotatable bonds is 19. The molecule has 1 N–H and O–H groups in total. The highest BCUT2D eigenvalue weighted by molar-refractivity contribution is 14.1. The van der Waals surface area contributed by atoms with Gasteiger partial charge >= 0.3 is 5.97 Å². The van der Waals surface area contributed by atoms with Gasteiger partial charge in [0.1, 0.15) is 0 Å². The topological polar surface area (TPSA) is 71.4 Å². The zero-order valence-electron chi connectivity index (χ0n) is 20.8. The van der Waals surface area contributed by atoms with E-state index in [-0.39, 0.29) is 14.9 Å². The molecule has 0 aromatic heterocycles. The normalized spacial score (nSPS) is 11.2. The molecule has 0 heterocycles. The van der Waals surface area contributed by atoms with Gasteiger partial charge in [-0.15, -0.1) is 0 Å². The lowest BCUT2D eigenvalue weighted by Gasteiger charge is -2.10. The van der Waals surface area contributed by atoms with Crippen LogP contribution in [-0.4, -0.2) is 16.9 Å². The molecule has 2 aromatic carbocycles. The van der Waals surface area contributed by atoms with E-state index in [0.717, 1.165) is 19.3 Å². The molecule has 2 rings (SSSR count). The Morgan fingerprint density at radius 3 is 1.76 bits per heavy atom. The first kappa shape index (κ1) is 28.6. The molecule has 0 fully saturated rings. The maximum absolute atomic E-state index is 12.9. The highest BCUT2D eigenvalue weighted by Gasteiger charge is 2.22. The summed E-state index contributed by atoms with van der Waals surface area (Å²) in [6.07, 6.45) is 19.4. The first-order valence-corrected chi connectivity index (χ1v) is 15.2. The van der Waals surface area contributed by atoms with Crippen LogP contribution in [0.2, 0.25) is 0 Å². The van der Waals surface area contributed by atoms with Crippen LogP contribution in [0.25, 0.3) is 10.8 Å². The summed E-state index contributed by atoms with van der Waals surface area (Å²) >= 11 is -1.77. The molecular formula is C29H41IO4. The number of fused-ring (bicyclic) bond motifs is 1. The highest BCUT2D eigenvalue weighted by atomic mass is 127. The lowest BCUT2D eigenvalue weighted by Crippen LogP contribution is -2.09. The summed E-state index contributed by atoms with van der Waals surface area (Å²) < 4.78 is 12.2. The summed E-state index contributed by atoms with van der Waals surface area (Å²) in [5.74, 6) is -1.21. The maximum Gasteiger partial charge on any atom is 0.337 e. The number of hydrogen-bond donors (Lipinski definition) is 1. The van der Waals surface area contributed by atoms with E-state index in [9.17, 15) is 17.8 Å². The Labute approximate surface area is 215 Å². The molecule has 0 saturated heterocycles. The molecule has 0 saturated carbocycles. The van der Waals surface area contributed by atoms with Crippen molar-refractivity contribution < 1.29 is 17.8 Å². The Bertz CT molecular complexity index is 922. The van der Waals surface area contributed by atoms with E-state index in [2.05, 4.69) is 6.92 Å². The number of benzene rings is 2. The van der Waals surface area contributed by atoms with E-state index in [1.807, 2.05) is 6.07 Å². The van der Waals surface area contributed by atoms with Crippen molar-refractivity contribution in [2.24, 2.45) is 0 Å². The van der Waals surface area contributed by atoms with Gasteiger partial charge in [0, 0.05) is 12.0 Å². The van der Waals surface area contributed by atoms with Gasteiger partial charge in [0.05, 0.1) is 9.13 Å². The average Bonchev–Trinajstić information content (AvgIpc) is 2.84. The van der Waals surface area contributed by atoms with Gasteiger partial charge in [0.15, 0.2) is 27.0 Å². The van der Waals surface area contributed by atoms with E-state index >= 15 is 0 Å². The molecule has 5 heteroatoms. The number of aromatic carboxylic acids is 1. The van der Waals surface area contributed by atoms with E-state index in [0.29, 0.717) is 22.8 Å². The molecule has 0 aliphatic rings. The van der Waals surface area contributed by atoms with Crippen molar-refractivity contribution in [3.8, 4) is 0 Å². The smallest absolute Gasteiger partial charge is 0.337 e. The zero-order chi connectivity index (χ0) is 24.6. The third-order valence-corrected chi connectivity index (χ3v) is 8.15. The van der Waals surface area contributed by atoms with Crippen molar-refractivity contribution in [3.05, 3.63) is 45.0 Å². The highest BCUT2D eigenvalue weighted by Crippen LogP contribution is 2.31. The van der Waals surface area contributed by atoms with Gasteiger partial charge in [-0.25, -0.2) is 4.79 Å². The molecule has 0 aliphatic carbocycles. The van der Waals surface area contributed by atoms with Crippen molar-refractivity contribution in [3.63, 3.8) is 0 Å². The Morgan fingerprint density at radius 2 is 1.26 bits per heavy atom. The van der Waals surface area contributed by atoms with Crippen LogP contribution >= 0.6 is 21.2 Å². The van der Waals surface area contributed by atoms with Crippen LogP contribution in [0.15, 0.2) is 30.3 Å². The van der Waals surface area contributed by atoms with E-state index in [1.54, 1.807) is 24.3 Å². The van der Waals surface area contributed by atoms with Crippen molar-refractivity contribution in [2.75, 3.05) is 0 Å². The molecule has 0 bridgehead atoms. The fourth-order valence-corrected chi connectivity index (χ4v) is 6.04. The molecule has 0 unspecified atom stereocenters. The molecule has 0 atom stereocenters. The van der Waals surface area contributed by atoms with Gasteiger partial charge in [-0.3, -0.25) is 7.86 Å². The monoisotopic (exact) mass is 580 g/mol. The minimum absolute atomic E-state index is 0.0285. The molecule has 0 amide bonds. The second-order valence-electron chi connectivity index (χ2n) is 9.34. The Kier molecular flexibility index (Phi) is 14.2. The van der Waals surface area contributed by atoms with Crippen LogP contribution < -0.4 is 0 Å². The van der Waals surface area contributed by atoms with Gasteiger partial charge in [-0.2, -0.15) is 0 Å². The number of hydrogen-bond acceptors (Lipinski definition) is 3. The summed E-state index contributed by atoms with van der Waals surface area (Å²) in [4.78, 5) is 24.7. The lowest BCUT2D eigenvalue weighted by atomic mass is 9.96. The van der Waals surface area contributed by atoms with Gasteiger partial charge in [0.25, 0.3) is 0 Å². The zero-order valence-corrected chi connectivity index (χ0v) is 22.9. The van der Waals surface area contributed by atoms with Crippen LogP contribution in [0.5, 0.6) is 0 Å². The van der Waals surface area contributed by atoms with E-state index < -0.39 is 27.2 Å². The number of carboxylic acids is 1. The summed E-state index contributed by atoms with van der Waals surface area (Å²) in [5.41, 5.74) is 0.366. The first-order chi connectivity index (χ1) is 16.6.